The lowest BCUT2D eigenvalue weighted by Gasteiger charge is -2.20. The van der Waals surface area contributed by atoms with Gasteiger partial charge in [-0.2, -0.15) is 5.10 Å². The van der Waals surface area contributed by atoms with E-state index in [2.05, 4.69) is 15.7 Å². The highest BCUT2D eigenvalue weighted by atomic mass is 16.5. The topological polar surface area (TPSA) is 63.1 Å². The molecule has 0 amide bonds. The van der Waals surface area contributed by atoms with E-state index in [1.54, 1.807) is 7.11 Å². The average Bonchev–Trinajstić information content (AvgIpc) is 3.02. The van der Waals surface area contributed by atoms with E-state index >= 15 is 0 Å². The summed E-state index contributed by atoms with van der Waals surface area (Å²) in [4.78, 5) is 0. The van der Waals surface area contributed by atoms with Crippen LogP contribution in [0.5, 0.6) is 5.75 Å². The quantitative estimate of drug-likeness (QED) is 0.708. The summed E-state index contributed by atoms with van der Waals surface area (Å²) in [7, 11) is 3.56. The van der Waals surface area contributed by atoms with Crippen molar-refractivity contribution in [3.63, 3.8) is 0 Å². The van der Waals surface area contributed by atoms with Gasteiger partial charge in [0.2, 0.25) is 0 Å². The van der Waals surface area contributed by atoms with Crippen LogP contribution in [-0.4, -0.2) is 37.0 Å². The van der Waals surface area contributed by atoms with Crippen molar-refractivity contribution in [2.24, 2.45) is 0 Å². The molecule has 0 saturated heterocycles. The summed E-state index contributed by atoms with van der Waals surface area (Å²) < 4.78 is 15.5. The third-order valence-electron chi connectivity index (χ3n) is 3.58. The molecule has 116 valence electrons. The molecule has 6 heteroatoms. The van der Waals surface area contributed by atoms with E-state index in [1.165, 1.54) is 5.31 Å². The van der Waals surface area contributed by atoms with E-state index in [4.69, 9.17) is 6.15 Å². The van der Waals surface area contributed by atoms with Gasteiger partial charge >= 0.3 is 0 Å². The Labute approximate surface area is 131 Å². The van der Waals surface area contributed by atoms with Crippen LogP contribution in [0.3, 0.4) is 0 Å². The van der Waals surface area contributed by atoms with Crippen molar-refractivity contribution in [2.45, 2.75) is 6.54 Å². The fourth-order valence-corrected chi connectivity index (χ4v) is 2.36. The highest BCUT2D eigenvalue weighted by molar-refractivity contribution is 5.76. The third kappa shape index (κ3) is 2.92. The lowest BCUT2D eigenvalue weighted by atomic mass is 10.1. The van der Waals surface area contributed by atoms with Crippen LogP contribution in [0.25, 0.3) is 11.1 Å². The van der Waals surface area contributed by atoms with Gasteiger partial charge in [0.1, 0.15) is 17.4 Å². The summed E-state index contributed by atoms with van der Waals surface area (Å²) in [5, 5.41) is 12.2. The summed E-state index contributed by atoms with van der Waals surface area (Å²) >= 11 is 0. The first kappa shape index (κ1) is 13.2. The van der Waals surface area contributed by atoms with Crippen LogP contribution in [0.15, 0.2) is 42.4 Å². The monoisotopic (exact) mass is 300 g/mol. The summed E-state index contributed by atoms with van der Waals surface area (Å²) in [6.07, 6.45) is 3.78. The minimum atomic E-state index is 0.656. The van der Waals surface area contributed by atoms with Crippen molar-refractivity contribution in [1.29, 1.82) is 0 Å². The number of rotatable bonds is 6. The maximum atomic E-state index is 8.43. The van der Waals surface area contributed by atoms with Crippen molar-refractivity contribution in [2.75, 3.05) is 32.6 Å². The normalized spacial score (nSPS) is 14.2. The highest BCUT2D eigenvalue weighted by Crippen LogP contribution is 2.31. The Hall–Kier alpha value is -2.47. The molecule has 0 bridgehead atoms. The van der Waals surface area contributed by atoms with Crippen LogP contribution in [0.4, 0.5) is 5.82 Å². The van der Waals surface area contributed by atoms with E-state index in [1.807, 2.05) is 48.3 Å². The largest absolute Gasteiger partial charge is 0.497 e. The molecule has 0 radical (unpaired) electrons. The number of ether oxygens (including phenoxy) is 1. The molecule has 1 aromatic carbocycles. The third-order valence-corrected chi connectivity index (χ3v) is 3.58. The standard InChI is InChI=1S/C16H21N5O/c1-17-8-9-18-15-7-10-21-16(20-15)14(11-19-21)12-3-5-13(22-2)6-4-12/h3-7,11,17-18,20H,8-10H2,1-2H3/i/hD. The predicted molar refractivity (Wildman–Crippen MR) is 87.9 cm³/mol. The van der Waals surface area contributed by atoms with Gasteiger partial charge in [0, 0.05) is 18.7 Å². The number of hydrogen-bond acceptors (Lipinski definition) is 5. The van der Waals surface area contributed by atoms with Crippen LogP contribution < -0.4 is 20.7 Å². The molecule has 2 aromatic rings. The number of fused-ring (bicyclic) bond motifs is 1. The SMILES string of the molecule is [2H]N1C(NCCNC)=CCn2ncc(-c3ccc(OC)cc3)c21. The predicted octanol–water partition coefficient (Wildman–Crippen LogP) is 1.63. The number of likely N-dealkylation sites (N-methyl/N-ethyl adjacent to an activating group) is 1. The van der Waals surface area contributed by atoms with Gasteiger partial charge in [-0.05, 0) is 30.8 Å². The first-order chi connectivity index (χ1) is 11.2. The van der Waals surface area contributed by atoms with E-state index in [-0.39, 0.29) is 0 Å². The number of anilines is 1. The molecular weight excluding hydrogens is 278 g/mol. The molecule has 0 aliphatic carbocycles. The molecule has 1 aromatic heterocycles. The van der Waals surface area contributed by atoms with Crippen molar-refractivity contribution in [1.82, 2.24) is 20.4 Å². The van der Waals surface area contributed by atoms with Crippen LogP contribution in [0.1, 0.15) is 0 Å². The fraction of sp³-hybridized carbons (Fsp3) is 0.312. The number of nitrogens with one attached hydrogen (secondary N) is 3. The molecule has 1 aliphatic heterocycles. The van der Waals surface area contributed by atoms with Gasteiger partial charge in [0.05, 0.1) is 19.9 Å². The zero-order chi connectivity index (χ0) is 16.2. The minimum Gasteiger partial charge on any atom is -0.497 e. The zero-order valence-corrected chi connectivity index (χ0v) is 12.8. The maximum absolute atomic E-state index is 8.43. The summed E-state index contributed by atoms with van der Waals surface area (Å²) in [5.74, 6) is 2.36. The fourth-order valence-electron chi connectivity index (χ4n) is 2.36. The highest BCUT2D eigenvalue weighted by Gasteiger charge is 2.16. The number of allylic oxidation sites excluding steroid dienone is 1. The molecule has 0 unspecified atom stereocenters. The number of benzene rings is 1. The number of methoxy groups -OCH3 is 1. The molecule has 2 heterocycles. The molecule has 0 saturated carbocycles. The summed E-state index contributed by atoms with van der Waals surface area (Å²) in [6.45, 7) is 2.27. The molecule has 6 nitrogen and oxygen atoms in total. The first-order valence-corrected chi connectivity index (χ1v) is 7.32. The average molecular weight is 300 g/mol. The number of aromatic nitrogens is 2. The van der Waals surface area contributed by atoms with Gasteiger partial charge in [-0.15, -0.1) is 0 Å². The second-order valence-corrected chi connectivity index (χ2v) is 5.02. The van der Waals surface area contributed by atoms with Gasteiger partial charge in [-0.3, -0.25) is 0 Å². The van der Waals surface area contributed by atoms with Crippen LogP contribution in [-0.2, 0) is 6.54 Å². The van der Waals surface area contributed by atoms with Gasteiger partial charge in [-0.25, -0.2) is 4.68 Å². The van der Waals surface area contributed by atoms with Crippen molar-refractivity contribution in [3.05, 3.63) is 42.4 Å². The summed E-state index contributed by atoms with van der Waals surface area (Å²) in [5.41, 5.74) is 1.95. The Kier molecular flexibility index (Phi) is 3.92. The molecule has 1 aliphatic rings. The van der Waals surface area contributed by atoms with Gasteiger partial charge < -0.3 is 20.7 Å². The van der Waals surface area contributed by atoms with E-state index in [0.29, 0.717) is 6.54 Å². The number of hydrogen-bond donors (Lipinski definition) is 3. The molecule has 0 fully saturated rings. The Balaban J connectivity index is 1.86. The zero-order valence-electron chi connectivity index (χ0n) is 13.8. The van der Waals surface area contributed by atoms with Crippen LogP contribution in [0, 0.1) is 0 Å². The van der Waals surface area contributed by atoms with Crippen LogP contribution >= 0.6 is 0 Å². The maximum Gasteiger partial charge on any atom is 0.170 e. The van der Waals surface area contributed by atoms with Gasteiger partial charge in [0.25, 0.3) is 0 Å². The van der Waals surface area contributed by atoms with Crippen LogP contribution in [0.2, 0.25) is 1.41 Å². The molecular formula is C16H21N5O. The van der Waals surface area contributed by atoms with Gasteiger partial charge in [0.15, 0.2) is 1.41 Å². The molecule has 0 spiro atoms. The molecule has 0 atom stereocenters. The molecule has 3 rings (SSSR count). The Morgan fingerprint density at radius 2 is 2.18 bits per heavy atom. The molecule has 3 N–H and O–H groups in total. The first-order valence-electron chi connectivity index (χ1n) is 7.77. The Morgan fingerprint density at radius 1 is 1.36 bits per heavy atom. The molecule has 22 heavy (non-hydrogen) atoms. The van der Waals surface area contributed by atoms with Crippen molar-refractivity contribution in [3.8, 4) is 16.9 Å². The van der Waals surface area contributed by atoms with Gasteiger partial charge in [-0.1, -0.05) is 12.1 Å². The van der Waals surface area contributed by atoms with E-state index in [9.17, 15) is 0 Å². The van der Waals surface area contributed by atoms with E-state index in [0.717, 1.165) is 41.6 Å². The Morgan fingerprint density at radius 3 is 2.91 bits per heavy atom. The summed E-state index contributed by atoms with van der Waals surface area (Å²) in [6, 6.07) is 7.80. The lowest BCUT2D eigenvalue weighted by molar-refractivity contribution is 0.415. The van der Waals surface area contributed by atoms with E-state index < -0.39 is 0 Å². The Bertz CT molecular complexity index is 695. The van der Waals surface area contributed by atoms with Crippen molar-refractivity contribution < 1.29 is 6.15 Å². The second-order valence-electron chi connectivity index (χ2n) is 5.02. The number of nitrogens with zero attached hydrogens (tertiary/aromatic N) is 2. The minimum absolute atomic E-state index is 0.656. The lowest BCUT2D eigenvalue weighted by Crippen LogP contribution is -2.30. The smallest absolute Gasteiger partial charge is 0.170 e. The van der Waals surface area contributed by atoms with Crippen molar-refractivity contribution >= 4 is 5.82 Å². The second kappa shape index (κ2) is 6.53.